The van der Waals surface area contributed by atoms with Crippen LogP contribution in [0.3, 0.4) is 0 Å². The number of aromatic nitrogens is 1. The van der Waals surface area contributed by atoms with Crippen LogP contribution in [0.5, 0.6) is 11.5 Å². The lowest BCUT2D eigenvalue weighted by Crippen LogP contribution is -2.11. The van der Waals surface area contributed by atoms with Gasteiger partial charge in [0.25, 0.3) is 0 Å². The molecule has 1 N–H and O–H groups in total. The average Bonchev–Trinajstić information content (AvgIpc) is 2.72. The van der Waals surface area contributed by atoms with Crippen molar-refractivity contribution >= 4 is 10.9 Å². The second-order valence-corrected chi connectivity index (χ2v) is 5.19. The fourth-order valence-corrected chi connectivity index (χ4v) is 1.92. The van der Waals surface area contributed by atoms with Crippen LogP contribution in [0, 0.1) is 0 Å². The molecule has 0 aliphatic heterocycles. The molecule has 3 nitrogen and oxygen atoms in total. The molecule has 92 valence electrons. The number of nitrogens with one attached hydrogen (secondary N) is 1. The summed E-state index contributed by atoms with van der Waals surface area (Å²) in [7, 11) is 3.36. The first-order chi connectivity index (χ1) is 7.97. The predicted molar refractivity (Wildman–Crippen MR) is 70.1 cm³/mol. The lowest BCUT2D eigenvalue weighted by Gasteiger charge is -2.15. The first-order valence-electron chi connectivity index (χ1n) is 5.71. The zero-order valence-electron chi connectivity index (χ0n) is 11.0. The first-order valence-corrected chi connectivity index (χ1v) is 5.71. The van der Waals surface area contributed by atoms with Crippen LogP contribution in [0.15, 0.2) is 18.2 Å². The Bertz CT molecular complexity index is 494. The second kappa shape index (κ2) is 3.99. The van der Waals surface area contributed by atoms with Crippen molar-refractivity contribution in [2.75, 3.05) is 14.2 Å². The molecule has 1 aromatic heterocycles. The Morgan fingerprint density at radius 2 is 1.59 bits per heavy atom. The number of methoxy groups -OCH3 is 2. The fraction of sp³-hybridized carbons (Fsp3) is 0.429. The van der Waals surface area contributed by atoms with Crippen LogP contribution in [-0.2, 0) is 5.41 Å². The molecule has 2 aromatic rings. The molecule has 0 atom stereocenters. The summed E-state index contributed by atoms with van der Waals surface area (Å²) in [5.74, 6) is 1.71. The Morgan fingerprint density at radius 3 is 2.12 bits per heavy atom. The van der Waals surface area contributed by atoms with Gasteiger partial charge in [0.1, 0.15) is 11.5 Å². The number of hydrogen-bond donors (Lipinski definition) is 1. The van der Waals surface area contributed by atoms with E-state index in [2.05, 4.69) is 31.8 Å². The molecule has 0 unspecified atom stereocenters. The molecule has 0 radical (unpaired) electrons. The maximum absolute atomic E-state index is 5.38. The number of aromatic amines is 1. The van der Waals surface area contributed by atoms with Crippen LogP contribution < -0.4 is 9.47 Å². The third-order valence-corrected chi connectivity index (χ3v) is 2.96. The standard InChI is InChI=1S/C14H19NO2/c1-14(2,3)12-8-9-10(16-4)6-7-11(17-5)13(9)15-12/h6-8,15H,1-5H3. The molecule has 0 fully saturated rings. The van der Waals surface area contributed by atoms with Crippen molar-refractivity contribution in [2.24, 2.45) is 0 Å². The normalized spacial score (nSPS) is 11.8. The van der Waals surface area contributed by atoms with Crippen molar-refractivity contribution in [3.05, 3.63) is 23.9 Å². The van der Waals surface area contributed by atoms with Crippen molar-refractivity contribution in [2.45, 2.75) is 26.2 Å². The molecule has 0 spiro atoms. The molecular weight excluding hydrogens is 214 g/mol. The highest BCUT2D eigenvalue weighted by atomic mass is 16.5. The highest BCUT2D eigenvalue weighted by molar-refractivity contribution is 5.91. The molecule has 1 aromatic carbocycles. The molecular formula is C14H19NO2. The van der Waals surface area contributed by atoms with Crippen LogP contribution in [-0.4, -0.2) is 19.2 Å². The van der Waals surface area contributed by atoms with Gasteiger partial charge in [-0.15, -0.1) is 0 Å². The zero-order chi connectivity index (χ0) is 12.6. The summed E-state index contributed by atoms with van der Waals surface area (Å²) in [6.07, 6.45) is 0. The Balaban J connectivity index is 2.72. The minimum Gasteiger partial charge on any atom is -0.496 e. The lowest BCUT2D eigenvalue weighted by atomic mass is 9.92. The Morgan fingerprint density at radius 1 is 1.00 bits per heavy atom. The van der Waals surface area contributed by atoms with Crippen molar-refractivity contribution in [3.8, 4) is 11.5 Å². The number of hydrogen-bond acceptors (Lipinski definition) is 2. The van der Waals surface area contributed by atoms with E-state index in [1.54, 1.807) is 14.2 Å². The van der Waals surface area contributed by atoms with E-state index in [0.717, 1.165) is 22.4 Å². The molecule has 0 saturated heterocycles. The van der Waals surface area contributed by atoms with Crippen LogP contribution in [0.1, 0.15) is 26.5 Å². The van der Waals surface area contributed by atoms with Crippen LogP contribution in [0.25, 0.3) is 10.9 Å². The highest BCUT2D eigenvalue weighted by Crippen LogP contribution is 2.36. The molecule has 3 heteroatoms. The van der Waals surface area contributed by atoms with E-state index >= 15 is 0 Å². The Hall–Kier alpha value is -1.64. The van der Waals surface area contributed by atoms with Gasteiger partial charge in [0.15, 0.2) is 0 Å². The third-order valence-electron chi connectivity index (χ3n) is 2.96. The van der Waals surface area contributed by atoms with E-state index in [9.17, 15) is 0 Å². The van der Waals surface area contributed by atoms with Gasteiger partial charge in [0, 0.05) is 16.5 Å². The molecule has 0 amide bonds. The van der Waals surface area contributed by atoms with Gasteiger partial charge < -0.3 is 14.5 Å². The van der Waals surface area contributed by atoms with Gasteiger partial charge in [-0.1, -0.05) is 20.8 Å². The summed E-state index contributed by atoms with van der Waals surface area (Å²) in [6, 6.07) is 5.99. The highest BCUT2D eigenvalue weighted by Gasteiger charge is 2.19. The molecule has 0 aliphatic rings. The smallest absolute Gasteiger partial charge is 0.143 e. The van der Waals surface area contributed by atoms with Crippen molar-refractivity contribution in [3.63, 3.8) is 0 Å². The van der Waals surface area contributed by atoms with E-state index in [-0.39, 0.29) is 5.41 Å². The monoisotopic (exact) mass is 233 g/mol. The first kappa shape index (κ1) is 11.8. The molecule has 0 bridgehead atoms. The third kappa shape index (κ3) is 1.97. The summed E-state index contributed by atoms with van der Waals surface area (Å²) in [5.41, 5.74) is 2.25. The van der Waals surface area contributed by atoms with Crippen molar-refractivity contribution in [1.82, 2.24) is 4.98 Å². The summed E-state index contributed by atoms with van der Waals surface area (Å²) >= 11 is 0. The topological polar surface area (TPSA) is 34.2 Å². The number of ether oxygens (including phenoxy) is 2. The molecule has 2 rings (SSSR count). The predicted octanol–water partition coefficient (Wildman–Crippen LogP) is 3.48. The number of fused-ring (bicyclic) bond motifs is 1. The SMILES string of the molecule is COc1ccc(OC)c2[nH]c(C(C)(C)C)cc12. The maximum atomic E-state index is 5.38. The minimum atomic E-state index is 0.0784. The van der Waals surface area contributed by atoms with E-state index < -0.39 is 0 Å². The van der Waals surface area contributed by atoms with Gasteiger partial charge in [-0.25, -0.2) is 0 Å². The molecule has 0 aliphatic carbocycles. The second-order valence-electron chi connectivity index (χ2n) is 5.19. The fourth-order valence-electron chi connectivity index (χ4n) is 1.92. The van der Waals surface area contributed by atoms with Gasteiger partial charge >= 0.3 is 0 Å². The number of benzene rings is 1. The lowest BCUT2D eigenvalue weighted by molar-refractivity contribution is 0.410. The Labute approximate surface area is 102 Å². The average molecular weight is 233 g/mol. The van der Waals surface area contributed by atoms with Gasteiger partial charge in [0.05, 0.1) is 19.7 Å². The number of rotatable bonds is 2. The van der Waals surface area contributed by atoms with E-state index in [1.807, 2.05) is 12.1 Å². The van der Waals surface area contributed by atoms with E-state index in [0.29, 0.717) is 0 Å². The summed E-state index contributed by atoms with van der Waals surface area (Å²) in [6.45, 7) is 6.53. The molecule has 1 heterocycles. The van der Waals surface area contributed by atoms with Crippen LogP contribution in [0.2, 0.25) is 0 Å². The van der Waals surface area contributed by atoms with Gasteiger partial charge in [-0.2, -0.15) is 0 Å². The zero-order valence-corrected chi connectivity index (χ0v) is 11.0. The van der Waals surface area contributed by atoms with Crippen LogP contribution >= 0.6 is 0 Å². The summed E-state index contributed by atoms with van der Waals surface area (Å²) in [4.78, 5) is 3.42. The van der Waals surface area contributed by atoms with Crippen molar-refractivity contribution in [1.29, 1.82) is 0 Å². The van der Waals surface area contributed by atoms with Gasteiger partial charge in [-0.3, -0.25) is 0 Å². The van der Waals surface area contributed by atoms with E-state index in [4.69, 9.17) is 9.47 Å². The number of H-pyrrole nitrogens is 1. The summed E-state index contributed by atoms with van der Waals surface area (Å²) < 4.78 is 10.7. The van der Waals surface area contributed by atoms with Gasteiger partial charge in [0.2, 0.25) is 0 Å². The van der Waals surface area contributed by atoms with E-state index in [1.165, 1.54) is 5.69 Å². The summed E-state index contributed by atoms with van der Waals surface area (Å²) in [5, 5.41) is 1.07. The van der Waals surface area contributed by atoms with Gasteiger partial charge in [-0.05, 0) is 18.2 Å². The Kier molecular flexibility index (Phi) is 2.77. The maximum Gasteiger partial charge on any atom is 0.143 e. The van der Waals surface area contributed by atoms with Crippen molar-refractivity contribution < 1.29 is 9.47 Å². The molecule has 0 saturated carbocycles. The quantitative estimate of drug-likeness (QED) is 0.861. The largest absolute Gasteiger partial charge is 0.496 e. The minimum absolute atomic E-state index is 0.0784. The molecule has 17 heavy (non-hydrogen) atoms. The van der Waals surface area contributed by atoms with Crippen LogP contribution in [0.4, 0.5) is 0 Å².